The Morgan fingerprint density at radius 3 is 2.62 bits per heavy atom. The Bertz CT molecular complexity index is 1010. The molecule has 4 nitrogen and oxygen atoms in total. The Balaban J connectivity index is 1.61. The number of hydrogen-bond donors (Lipinski definition) is 1. The molecule has 2 aromatic carbocycles. The molecule has 1 aliphatic heterocycles. The van der Waals surface area contributed by atoms with E-state index in [0.717, 1.165) is 42.2 Å². The quantitative estimate of drug-likeness (QED) is 0.598. The van der Waals surface area contributed by atoms with Crippen molar-refractivity contribution < 1.29 is 9.90 Å². The fraction of sp³-hybridized carbons (Fsp3) is 0.250. The first-order valence-corrected chi connectivity index (χ1v) is 10.2. The van der Waals surface area contributed by atoms with Gasteiger partial charge >= 0.3 is 5.97 Å². The molecule has 0 radical (unpaired) electrons. The van der Waals surface area contributed by atoms with Gasteiger partial charge < -0.3 is 5.11 Å². The first-order chi connectivity index (χ1) is 14.1. The number of rotatable bonds is 6. The minimum absolute atomic E-state index is 0.186. The fourth-order valence-electron chi connectivity index (χ4n) is 4.04. The lowest BCUT2D eigenvalue weighted by molar-refractivity contribution is 0.0695. The molecular formula is C24H23ClN2O2. The molecule has 2 heterocycles. The van der Waals surface area contributed by atoms with Gasteiger partial charge in [0.05, 0.1) is 23.0 Å². The van der Waals surface area contributed by atoms with Gasteiger partial charge in [-0.05, 0) is 54.8 Å². The van der Waals surface area contributed by atoms with Crippen molar-refractivity contribution in [1.29, 1.82) is 0 Å². The minimum Gasteiger partial charge on any atom is -0.478 e. The predicted molar refractivity (Wildman–Crippen MR) is 114 cm³/mol. The molecule has 1 atom stereocenters. The zero-order chi connectivity index (χ0) is 20.2. The topological polar surface area (TPSA) is 53.4 Å². The van der Waals surface area contributed by atoms with Gasteiger partial charge in [0.25, 0.3) is 0 Å². The molecule has 1 fully saturated rings. The van der Waals surface area contributed by atoms with Gasteiger partial charge in [-0.1, -0.05) is 54.1 Å². The summed E-state index contributed by atoms with van der Waals surface area (Å²) in [5.74, 6) is -0.933. The lowest BCUT2D eigenvalue weighted by Crippen LogP contribution is -2.24. The highest BCUT2D eigenvalue weighted by Gasteiger charge is 2.28. The first kappa shape index (κ1) is 19.6. The third kappa shape index (κ3) is 4.66. The van der Waals surface area contributed by atoms with E-state index in [2.05, 4.69) is 11.0 Å². The van der Waals surface area contributed by atoms with Crippen molar-refractivity contribution in [2.75, 3.05) is 6.54 Å². The Labute approximate surface area is 175 Å². The van der Waals surface area contributed by atoms with Crippen LogP contribution in [0.15, 0.2) is 66.7 Å². The Morgan fingerprint density at radius 1 is 1.07 bits per heavy atom. The molecule has 4 rings (SSSR count). The number of aromatic nitrogens is 1. The normalized spacial score (nSPS) is 16.8. The SMILES string of the molecule is O=C(O)c1ccc([C@H]2CCCN2Cc2cccc(Cl)c2)nc1Cc1ccccc1. The van der Waals surface area contributed by atoms with E-state index in [0.29, 0.717) is 12.1 Å². The third-order valence-corrected chi connectivity index (χ3v) is 5.66. The number of pyridine rings is 1. The lowest BCUT2D eigenvalue weighted by Gasteiger charge is -2.25. The molecule has 0 amide bonds. The molecule has 1 saturated heterocycles. The average Bonchev–Trinajstić information content (AvgIpc) is 3.16. The van der Waals surface area contributed by atoms with E-state index >= 15 is 0 Å². The Morgan fingerprint density at radius 2 is 1.86 bits per heavy atom. The van der Waals surface area contributed by atoms with Gasteiger partial charge in [0.15, 0.2) is 0 Å². The number of carboxylic acids is 1. The van der Waals surface area contributed by atoms with Crippen LogP contribution >= 0.6 is 11.6 Å². The third-order valence-electron chi connectivity index (χ3n) is 5.42. The highest BCUT2D eigenvalue weighted by Crippen LogP contribution is 2.33. The molecule has 0 aliphatic carbocycles. The number of benzene rings is 2. The van der Waals surface area contributed by atoms with Gasteiger partial charge in [-0.2, -0.15) is 0 Å². The molecule has 0 bridgehead atoms. The van der Waals surface area contributed by atoms with Gasteiger partial charge in [0, 0.05) is 18.0 Å². The van der Waals surface area contributed by atoms with Gasteiger partial charge in [-0.3, -0.25) is 9.88 Å². The van der Waals surface area contributed by atoms with Crippen molar-refractivity contribution in [2.45, 2.75) is 31.8 Å². The van der Waals surface area contributed by atoms with Crippen molar-refractivity contribution in [1.82, 2.24) is 9.88 Å². The number of hydrogen-bond acceptors (Lipinski definition) is 3. The van der Waals surface area contributed by atoms with E-state index in [1.165, 1.54) is 5.56 Å². The standard InChI is InChI=1S/C24H23ClN2O2/c25-19-9-4-8-18(14-19)16-27-13-5-10-23(27)21-12-11-20(24(28)29)22(26-21)15-17-6-2-1-3-7-17/h1-4,6-9,11-12,14,23H,5,10,13,15-16H2,(H,28,29)/t23-/m1/s1. The molecule has 1 aliphatic rings. The maximum absolute atomic E-state index is 11.7. The van der Waals surface area contributed by atoms with Gasteiger partial charge in [0.2, 0.25) is 0 Å². The molecule has 5 heteroatoms. The summed E-state index contributed by atoms with van der Waals surface area (Å²) in [6.07, 6.45) is 2.63. The van der Waals surface area contributed by atoms with Crippen LogP contribution in [0.5, 0.6) is 0 Å². The number of aromatic carboxylic acids is 1. The van der Waals surface area contributed by atoms with Crippen molar-refractivity contribution in [3.8, 4) is 0 Å². The number of halogens is 1. The van der Waals surface area contributed by atoms with E-state index in [1.54, 1.807) is 6.07 Å². The second-order valence-corrected chi connectivity index (χ2v) is 7.89. The van der Waals surface area contributed by atoms with E-state index in [-0.39, 0.29) is 11.6 Å². The predicted octanol–water partition coefficient (Wildman–Crippen LogP) is 5.36. The van der Waals surface area contributed by atoms with Crippen molar-refractivity contribution >= 4 is 17.6 Å². The summed E-state index contributed by atoms with van der Waals surface area (Å²) in [7, 11) is 0. The van der Waals surface area contributed by atoms with Gasteiger partial charge in [-0.25, -0.2) is 4.79 Å². The Hall–Kier alpha value is -2.69. The molecule has 0 saturated carbocycles. The lowest BCUT2D eigenvalue weighted by atomic mass is 10.0. The summed E-state index contributed by atoms with van der Waals surface area (Å²) < 4.78 is 0. The summed E-state index contributed by atoms with van der Waals surface area (Å²) in [6.45, 7) is 1.80. The molecular weight excluding hydrogens is 384 g/mol. The molecule has 1 N–H and O–H groups in total. The zero-order valence-electron chi connectivity index (χ0n) is 16.1. The molecule has 148 valence electrons. The highest BCUT2D eigenvalue weighted by molar-refractivity contribution is 6.30. The Kier molecular flexibility index (Phi) is 5.93. The second kappa shape index (κ2) is 8.76. The molecule has 0 unspecified atom stereocenters. The summed E-state index contributed by atoms with van der Waals surface area (Å²) in [6, 6.07) is 21.6. The van der Waals surface area contributed by atoms with Crippen LogP contribution in [0, 0.1) is 0 Å². The highest BCUT2D eigenvalue weighted by atomic mass is 35.5. The van der Waals surface area contributed by atoms with Crippen LogP contribution in [-0.4, -0.2) is 27.5 Å². The largest absolute Gasteiger partial charge is 0.478 e. The van der Waals surface area contributed by atoms with Crippen molar-refractivity contribution in [2.24, 2.45) is 0 Å². The van der Waals surface area contributed by atoms with Gasteiger partial charge in [0.1, 0.15) is 0 Å². The van der Waals surface area contributed by atoms with Crippen LogP contribution in [0.2, 0.25) is 5.02 Å². The van der Waals surface area contributed by atoms with E-state index in [9.17, 15) is 9.90 Å². The smallest absolute Gasteiger partial charge is 0.337 e. The molecule has 0 spiro atoms. The number of carboxylic acid groups (broad SMARTS) is 1. The first-order valence-electron chi connectivity index (χ1n) is 9.85. The van der Waals surface area contributed by atoms with Crippen LogP contribution in [-0.2, 0) is 13.0 Å². The summed E-state index contributed by atoms with van der Waals surface area (Å²) in [4.78, 5) is 19.0. The van der Waals surface area contributed by atoms with Crippen LogP contribution in [0.25, 0.3) is 0 Å². The number of carbonyl (C=O) groups is 1. The van der Waals surface area contributed by atoms with Gasteiger partial charge in [-0.15, -0.1) is 0 Å². The van der Waals surface area contributed by atoms with E-state index < -0.39 is 5.97 Å². The van der Waals surface area contributed by atoms with Crippen molar-refractivity contribution in [3.05, 3.63) is 99.8 Å². The van der Waals surface area contributed by atoms with E-state index in [4.69, 9.17) is 16.6 Å². The summed E-state index contributed by atoms with van der Waals surface area (Å²) in [5.41, 5.74) is 4.08. The zero-order valence-corrected chi connectivity index (χ0v) is 16.8. The minimum atomic E-state index is -0.933. The fourth-order valence-corrected chi connectivity index (χ4v) is 4.26. The molecule has 3 aromatic rings. The van der Waals surface area contributed by atoms with Crippen LogP contribution in [0.4, 0.5) is 0 Å². The van der Waals surface area contributed by atoms with Crippen molar-refractivity contribution in [3.63, 3.8) is 0 Å². The monoisotopic (exact) mass is 406 g/mol. The number of nitrogens with zero attached hydrogens (tertiary/aromatic N) is 2. The average molecular weight is 407 g/mol. The van der Waals surface area contributed by atoms with Crippen LogP contribution in [0.1, 0.15) is 51.8 Å². The maximum atomic E-state index is 11.7. The second-order valence-electron chi connectivity index (χ2n) is 7.46. The van der Waals surface area contributed by atoms with Crippen LogP contribution < -0.4 is 0 Å². The summed E-state index contributed by atoms with van der Waals surface area (Å²) >= 11 is 6.14. The summed E-state index contributed by atoms with van der Waals surface area (Å²) in [5, 5.41) is 10.4. The molecule has 29 heavy (non-hydrogen) atoms. The number of likely N-dealkylation sites (tertiary alicyclic amines) is 1. The maximum Gasteiger partial charge on any atom is 0.337 e. The molecule has 1 aromatic heterocycles. The van der Waals surface area contributed by atoms with Crippen LogP contribution in [0.3, 0.4) is 0 Å². The van der Waals surface area contributed by atoms with E-state index in [1.807, 2.05) is 54.6 Å².